The number of likely N-dealkylation sites (tertiary alicyclic amines) is 1. The molecule has 1 saturated heterocycles. The zero-order valence-electron chi connectivity index (χ0n) is 14.1. The summed E-state index contributed by atoms with van der Waals surface area (Å²) in [5, 5.41) is 11.5. The smallest absolute Gasteiger partial charge is 0.323 e. The Balaban J connectivity index is 2.01. The Bertz CT molecular complexity index is 794. The predicted molar refractivity (Wildman–Crippen MR) is 91.4 cm³/mol. The number of pyridine rings is 1. The van der Waals surface area contributed by atoms with E-state index in [0.717, 1.165) is 12.0 Å². The first-order chi connectivity index (χ1) is 12.0. The highest BCUT2D eigenvalue weighted by Gasteiger charge is 2.37. The third-order valence-electron chi connectivity index (χ3n) is 4.47. The van der Waals surface area contributed by atoms with E-state index in [0.29, 0.717) is 12.5 Å². The molecule has 25 heavy (non-hydrogen) atoms. The standard InChI is InChI=1S/C18H19N3O4/c1-12-9-15(13-5-4-8-19-10-13)20(11-12)18(22)14-6-3-7-16(25-2)17(14)21(23)24/h3-8,10,12,15H,9,11H2,1-2H3. The lowest BCUT2D eigenvalue weighted by molar-refractivity contribution is -0.386. The number of benzene rings is 1. The molecule has 7 nitrogen and oxygen atoms in total. The fraction of sp³-hybridized carbons (Fsp3) is 0.333. The quantitative estimate of drug-likeness (QED) is 0.629. The first-order valence-corrected chi connectivity index (χ1v) is 8.05. The molecule has 1 aromatic heterocycles. The zero-order valence-corrected chi connectivity index (χ0v) is 14.1. The van der Waals surface area contributed by atoms with Crippen molar-refractivity contribution in [3.8, 4) is 5.75 Å². The van der Waals surface area contributed by atoms with Gasteiger partial charge in [-0.25, -0.2) is 0 Å². The molecule has 2 aromatic rings. The van der Waals surface area contributed by atoms with E-state index in [9.17, 15) is 14.9 Å². The molecule has 1 aliphatic heterocycles. The molecule has 1 aliphatic rings. The third kappa shape index (κ3) is 3.17. The fourth-order valence-corrected chi connectivity index (χ4v) is 3.36. The summed E-state index contributed by atoms with van der Waals surface area (Å²) in [7, 11) is 1.35. The summed E-state index contributed by atoms with van der Waals surface area (Å²) in [4.78, 5) is 29.9. The van der Waals surface area contributed by atoms with Gasteiger partial charge in [-0.2, -0.15) is 0 Å². The number of hydrogen-bond acceptors (Lipinski definition) is 5. The van der Waals surface area contributed by atoms with Crippen LogP contribution in [0, 0.1) is 16.0 Å². The lowest BCUT2D eigenvalue weighted by atomic mass is 10.0. The summed E-state index contributed by atoms with van der Waals surface area (Å²) >= 11 is 0. The first kappa shape index (κ1) is 16.9. The Morgan fingerprint density at radius 1 is 1.36 bits per heavy atom. The molecule has 0 saturated carbocycles. The molecule has 0 aliphatic carbocycles. The maximum atomic E-state index is 13.1. The van der Waals surface area contributed by atoms with E-state index in [1.165, 1.54) is 19.2 Å². The average molecular weight is 341 g/mol. The van der Waals surface area contributed by atoms with Crippen molar-refractivity contribution in [1.82, 2.24) is 9.88 Å². The number of hydrogen-bond donors (Lipinski definition) is 0. The van der Waals surface area contributed by atoms with Crippen molar-refractivity contribution >= 4 is 11.6 Å². The Labute approximate surface area is 145 Å². The number of nitro groups is 1. The van der Waals surface area contributed by atoms with Crippen LogP contribution in [-0.2, 0) is 0 Å². The largest absolute Gasteiger partial charge is 0.490 e. The van der Waals surface area contributed by atoms with Crippen molar-refractivity contribution in [2.24, 2.45) is 5.92 Å². The highest BCUT2D eigenvalue weighted by Crippen LogP contribution is 2.38. The molecule has 7 heteroatoms. The third-order valence-corrected chi connectivity index (χ3v) is 4.47. The van der Waals surface area contributed by atoms with Crippen molar-refractivity contribution in [2.75, 3.05) is 13.7 Å². The summed E-state index contributed by atoms with van der Waals surface area (Å²) in [6.07, 6.45) is 4.22. The van der Waals surface area contributed by atoms with Crippen molar-refractivity contribution < 1.29 is 14.5 Å². The van der Waals surface area contributed by atoms with Crippen LogP contribution in [0.3, 0.4) is 0 Å². The molecular formula is C18H19N3O4. The second kappa shape index (κ2) is 6.88. The molecule has 130 valence electrons. The van der Waals surface area contributed by atoms with Gasteiger partial charge in [-0.3, -0.25) is 19.9 Å². The number of carbonyl (C=O) groups excluding carboxylic acids is 1. The fourth-order valence-electron chi connectivity index (χ4n) is 3.36. The lowest BCUT2D eigenvalue weighted by Gasteiger charge is -2.25. The van der Waals surface area contributed by atoms with E-state index in [-0.39, 0.29) is 28.9 Å². The van der Waals surface area contributed by atoms with Gasteiger partial charge >= 0.3 is 5.69 Å². The topological polar surface area (TPSA) is 85.6 Å². The van der Waals surface area contributed by atoms with Gasteiger partial charge in [0.05, 0.1) is 18.1 Å². The van der Waals surface area contributed by atoms with Crippen LogP contribution in [0.25, 0.3) is 0 Å². The normalized spacial score (nSPS) is 19.7. The average Bonchev–Trinajstić information content (AvgIpc) is 3.02. The van der Waals surface area contributed by atoms with Crippen molar-refractivity contribution in [3.63, 3.8) is 0 Å². The van der Waals surface area contributed by atoms with Crippen LogP contribution >= 0.6 is 0 Å². The molecule has 2 heterocycles. The first-order valence-electron chi connectivity index (χ1n) is 8.05. The molecular weight excluding hydrogens is 322 g/mol. The SMILES string of the molecule is COc1cccc(C(=O)N2CC(C)CC2c2cccnc2)c1[N+](=O)[O-]. The van der Waals surface area contributed by atoms with E-state index < -0.39 is 4.92 Å². The van der Waals surface area contributed by atoms with Crippen LogP contribution in [0.1, 0.15) is 35.3 Å². The molecule has 1 fully saturated rings. The van der Waals surface area contributed by atoms with Gasteiger partial charge < -0.3 is 9.64 Å². The monoisotopic (exact) mass is 341 g/mol. The van der Waals surface area contributed by atoms with Gasteiger partial charge in [0.15, 0.2) is 5.75 Å². The lowest BCUT2D eigenvalue weighted by Crippen LogP contribution is -2.31. The molecule has 1 amide bonds. The number of rotatable bonds is 4. The van der Waals surface area contributed by atoms with Gasteiger partial charge in [0, 0.05) is 18.9 Å². The van der Waals surface area contributed by atoms with Crippen LogP contribution in [0.5, 0.6) is 5.75 Å². The number of nitrogens with zero attached hydrogens (tertiary/aromatic N) is 3. The summed E-state index contributed by atoms with van der Waals surface area (Å²) in [6, 6.07) is 8.18. The van der Waals surface area contributed by atoms with E-state index in [2.05, 4.69) is 11.9 Å². The molecule has 2 atom stereocenters. The van der Waals surface area contributed by atoms with Gasteiger partial charge in [0.25, 0.3) is 5.91 Å². The molecule has 0 radical (unpaired) electrons. The molecule has 3 rings (SSSR count). The molecule has 2 unspecified atom stereocenters. The Hall–Kier alpha value is -2.96. The van der Waals surface area contributed by atoms with Gasteiger partial charge in [0.1, 0.15) is 5.56 Å². The second-order valence-electron chi connectivity index (χ2n) is 6.21. The minimum atomic E-state index is -0.565. The highest BCUT2D eigenvalue weighted by molar-refractivity contribution is 5.99. The minimum Gasteiger partial charge on any atom is -0.490 e. The van der Waals surface area contributed by atoms with Crippen LogP contribution in [-0.4, -0.2) is 34.4 Å². The Morgan fingerprint density at radius 2 is 2.16 bits per heavy atom. The summed E-state index contributed by atoms with van der Waals surface area (Å²) < 4.78 is 5.07. The van der Waals surface area contributed by atoms with Gasteiger partial charge in [0.2, 0.25) is 0 Å². The maximum Gasteiger partial charge on any atom is 0.323 e. The molecule has 0 spiro atoms. The molecule has 0 bridgehead atoms. The molecule has 1 aromatic carbocycles. The van der Waals surface area contributed by atoms with Crippen LogP contribution < -0.4 is 4.74 Å². The predicted octanol–water partition coefficient (Wildman–Crippen LogP) is 3.22. The van der Waals surface area contributed by atoms with Crippen LogP contribution in [0.2, 0.25) is 0 Å². The summed E-state index contributed by atoms with van der Waals surface area (Å²) in [6.45, 7) is 2.61. The number of methoxy groups -OCH3 is 1. The van der Waals surface area contributed by atoms with Gasteiger partial charge in [-0.1, -0.05) is 19.1 Å². The van der Waals surface area contributed by atoms with Crippen LogP contribution in [0.15, 0.2) is 42.7 Å². The number of ether oxygens (including phenoxy) is 1. The van der Waals surface area contributed by atoms with Gasteiger partial charge in [-0.15, -0.1) is 0 Å². The second-order valence-corrected chi connectivity index (χ2v) is 6.21. The minimum absolute atomic E-state index is 0.0485. The van der Waals surface area contributed by atoms with Gasteiger partial charge in [-0.05, 0) is 36.1 Å². The summed E-state index contributed by atoms with van der Waals surface area (Å²) in [5.41, 5.74) is 0.692. The number of para-hydroxylation sites is 1. The van der Waals surface area contributed by atoms with Crippen molar-refractivity contribution in [1.29, 1.82) is 0 Å². The van der Waals surface area contributed by atoms with E-state index in [4.69, 9.17) is 4.74 Å². The number of aromatic nitrogens is 1. The van der Waals surface area contributed by atoms with E-state index in [1.807, 2.05) is 12.1 Å². The Morgan fingerprint density at radius 3 is 2.80 bits per heavy atom. The maximum absolute atomic E-state index is 13.1. The van der Waals surface area contributed by atoms with Crippen LogP contribution in [0.4, 0.5) is 5.69 Å². The summed E-state index contributed by atoms with van der Waals surface area (Å²) in [5.74, 6) is 0.0312. The number of carbonyl (C=O) groups is 1. The van der Waals surface area contributed by atoms with Crippen molar-refractivity contribution in [2.45, 2.75) is 19.4 Å². The number of amides is 1. The van der Waals surface area contributed by atoms with E-state index >= 15 is 0 Å². The number of nitro benzene ring substituents is 1. The highest BCUT2D eigenvalue weighted by atomic mass is 16.6. The van der Waals surface area contributed by atoms with E-state index in [1.54, 1.807) is 23.4 Å². The molecule has 0 N–H and O–H groups in total. The zero-order chi connectivity index (χ0) is 18.0. The Kier molecular flexibility index (Phi) is 4.65. The van der Waals surface area contributed by atoms with Crippen molar-refractivity contribution in [3.05, 3.63) is 64.0 Å².